The number of hydrogen-bond donors (Lipinski definition) is 0. The van der Waals surface area contributed by atoms with E-state index in [1.165, 1.54) is 0 Å². The van der Waals surface area contributed by atoms with Gasteiger partial charge in [-0.05, 0) is 25.7 Å². The van der Waals surface area contributed by atoms with Crippen molar-refractivity contribution in [2.45, 2.75) is 50.1 Å². The van der Waals surface area contributed by atoms with Gasteiger partial charge in [0.1, 0.15) is 0 Å². The summed E-state index contributed by atoms with van der Waals surface area (Å²) in [7, 11) is 1.75. The van der Waals surface area contributed by atoms with Crippen molar-refractivity contribution in [3.63, 3.8) is 0 Å². The zero-order chi connectivity index (χ0) is 15.3. The lowest BCUT2D eigenvalue weighted by atomic mass is 9.89. The molecule has 20 heavy (non-hydrogen) atoms. The van der Waals surface area contributed by atoms with Crippen LogP contribution in [-0.2, 0) is 14.3 Å². The second-order valence-corrected chi connectivity index (χ2v) is 8.91. The first-order valence-electron chi connectivity index (χ1n) is 6.88. The van der Waals surface area contributed by atoms with Gasteiger partial charge in [0.25, 0.3) is 0 Å². The average molecular weight is 319 g/mol. The van der Waals surface area contributed by atoms with E-state index in [1.54, 1.807) is 14.0 Å². The molecule has 0 spiro atoms. The third kappa shape index (κ3) is 5.34. The Morgan fingerprint density at radius 3 is 2.70 bits per heavy atom. The molecule has 3 nitrogen and oxygen atoms in total. The lowest BCUT2D eigenvalue weighted by Gasteiger charge is -2.33. The largest absolute Gasteiger partial charge is 0.459 e. The van der Waals surface area contributed by atoms with Crippen molar-refractivity contribution in [1.29, 1.82) is 0 Å². The van der Waals surface area contributed by atoms with Crippen LogP contribution in [0.25, 0.3) is 0 Å². The quantitative estimate of drug-likeness (QED) is 0.528. The second kappa shape index (κ2) is 7.76. The topological polar surface area (TPSA) is 35.5 Å². The number of thioether (sulfide) groups is 2. The van der Waals surface area contributed by atoms with Crippen LogP contribution in [0.4, 0.5) is 0 Å². The molecule has 0 bridgehead atoms. The maximum atomic E-state index is 11.5. The molecule has 0 aliphatic carbocycles. The Labute approximate surface area is 131 Å². The van der Waals surface area contributed by atoms with Crippen LogP contribution in [0.5, 0.6) is 0 Å². The predicted molar refractivity (Wildman–Crippen MR) is 88.3 cm³/mol. The van der Waals surface area contributed by atoms with E-state index in [4.69, 9.17) is 9.47 Å². The zero-order valence-electron chi connectivity index (χ0n) is 13.1. The molecule has 116 valence electrons. The van der Waals surface area contributed by atoms with E-state index in [1.807, 2.05) is 30.4 Å². The van der Waals surface area contributed by atoms with Gasteiger partial charge in [-0.3, -0.25) is 0 Å². The maximum Gasteiger partial charge on any atom is 0.333 e. The number of ether oxygens (including phenoxy) is 2. The Morgan fingerprint density at radius 1 is 1.50 bits per heavy atom. The van der Waals surface area contributed by atoms with E-state index in [0.29, 0.717) is 15.4 Å². The summed E-state index contributed by atoms with van der Waals surface area (Å²) < 4.78 is 11.2. The molecule has 1 aliphatic rings. The van der Waals surface area contributed by atoms with Crippen LogP contribution in [0.2, 0.25) is 0 Å². The Kier molecular flexibility index (Phi) is 6.95. The molecule has 0 aromatic rings. The average Bonchev–Trinajstić information content (AvgIpc) is 2.77. The first-order chi connectivity index (χ1) is 9.26. The second-order valence-electron chi connectivity index (χ2n) is 6.07. The molecule has 0 saturated carbocycles. The normalized spacial score (nSPS) is 24.4. The summed E-state index contributed by atoms with van der Waals surface area (Å²) in [5.74, 6) is 0.837. The van der Waals surface area contributed by atoms with E-state index in [0.717, 1.165) is 18.8 Å². The number of methoxy groups -OCH3 is 1. The van der Waals surface area contributed by atoms with Crippen LogP contribution in [-0.4, -0.2) is 41.4 Å². The molecule has 1 fully saturated rings. The Bertz CT molecular complexity index is 355. The molecule has 0 aromatic heterocycles. The molecule has 3 unspecified atom stereocenters. The molecular formula is C15H26O3S2. The fourth-order valence-corrected chi connectivity index (χ4v) is 5.93. The Hall–Kier alpha value is -0.130. The molecular weight excluding hydrogens is 292 g/mol. The molecule has 0 radical (unpaired) electrons. The van der Waals surface area contributed by atoms with Crippen molar-refractivity contribution in [1.82, 2.24) is 0 Å². The highest BCUT2D eigenvalue weighted by atomic mass is 32.2. The minimum atomic E-state index is -0.294. The minimum Gasteiger partial charge on any atom is -0.459 e. The van der Waals surface area contributed by atoms with Gasteiger partial charge in [0.2, 0.25) is 0 Å². The van der Waals surface area contributed by atoms with Gasteiger partial charge in [0.05, 0.1) is 17.3 Å². The summed E-state index contributed by atoms with van der Waals surface area (Å²) in [4.78, 5) is 11.5. The van der Waals surface area contributed by atoms with Crippen LogP contribution in [0.1, 0.15) is 34.1 Å². The highest BCUT2D eigenvalue weighted by Gasteiger charge is 2.38. The molecule has 3 atom stereocenters. The van der Waals surface area contributed by atoms with E-state index < -0.39 is 0 Å². The lowest BCUT2D eigenvalue weighted by molar-refractivity contribution is -0.144. The summed E-state index contributed by atoms with van der Waals surface area (Å²) in [6.45, 7) is 12.6. The van der Waals surface area contributed by atoms with E-state index >= 15 is 0 Å². The standard InChI is InChI=1S/C15H26O3S2/c1-10(2)13(16)18-11(3)7-15(4,5)14-19-9-12(20-14)8-17-6/h11-12,14H,1,7-9H2,2-6H3. The fraction of sp³-hybridized carbons (Fsp3) is 0.800. The van der Waals surface area contributed by atoms with Crippen LogP contribution < -0.4 is 0 Å². The van der Waals surface area contributed by atoms with Crippen LogP contribution in [0.15, 0.2) is 12.2 Å². The van der Waals surface area contributed by atoms with Gasteiger partial charge in [0, 0.05) is 23.7 Å². The molecule has 1 heterocycles. The summed E-state index contributed by atoms with van der Waals surface area (Å²) in [6, 6.07) is 0. The summed E-state index contributed by atoms with van der Waals surface area (Å²) in [5.41, 5.74) is 0.575. The van der Waals surface area contributed by atoms with E-state index in [9.17, 15) is 4.79 Å². The van der Waals surface area contributed by atoms with Crippen molar-refractivity contribution in [3.05, 3.63) is 12.2 Å². The lowest BCUT2D eigenvalue weighted by Crippen LogP contribution is -2.29. The maximum absolute atomic E-state index is 11.5. The number of rotatable bonds is 7. The van der Waals surface area contributed by atoms with Gasteiger partial charge in [-0.25, -0.2) is 4.79 Å². The van der Waals surface area contributed by atoms with Gasteiger partial charge in [-0.1, -0.05) is 20.4 Å². The number of hydrogen-bond acceptors (Lipinski definition) is 5. The SMILES string of the molecule is C=C(C)C(=O)OC(C)CC(C)(C)C1SCC(COC)S1. The first kappa shape index (κ1) is 17.9. The van der Waals surface area contributed by atoms with Crippen molar-refractivity contribution in [3.8, 4) is 0 Å². The fourth-order valence-electron chi connectivity index (χ4n) is 2.29. The first-order valence-corrected chi connectivity index (χ1v) is 8.88. The number of carbonyl (C=O) groups excluding carboxylic acids is 1. The summed E-state index contributed by atoms with van der Waals surface area (Å²) >= 11 is 3.98. The Morgan fingerprint density at radius 2 is 2.15 bits per heavy atom. The number of carbonyl (C=O) groups is 1. The van der Waals surface area contributed by atoms with Gasteiger partial charge in [0.15, 0.2) is 0 Å². The molecule has 0 amide bonds. The van der Waals surface area contributed by atoms with Gasteiger partial charge in [-0.15, -0.1) is 23.5 Å². The zero-order valence-corrected chi connectivity index (χ0v) is 14.7. The van der Waals surface area contributed by atoms with Crippen LogP contribution >= 0.6 is 23.5 Å². The molecule has 1 aliphatic heterocycles. The highest BCUT2D eigenvalue weighted by Crippen LogP contribution is 2.49. The van der Waals surface area contributed by atoms with Gasteiger partial charge in [-0.2, -0.15) is 0 Å². The molecule has 1 rings (SSSR count). The molecule has 0 N–H and O–H groups in total. The molecule has 1 saturated heterocycles. The molecule has 5 heteroatoms. The van der Waals surface area contributed by atoms with E-state index in [-0.39, 0.29) is 17.5 Å². The third-order valence-corrected chi connectivity index (χ3v) is 7.27. The third-order valence-electron chi connectivity index (χ3n) is 3.21. The smallest absolute Gasteiger partial charge is 0.333 e. The highest BCUT2D eigenvalue weighted by molar-refractivity contribution is 8.20. The van der Waals surface area contributed by atoms with Gasteiger partial charge >= 0.3 is 5.97 Å². The van der Waals surface area contributed by atoms with Crippen molar-refractivity contribution >= 4 is 29.5 Å². The van der Waals surface area contributed by atoms with Gasteiger partial charge < -0.3 is 9.47 Å². The van der Waals surface area contributed by atoms with E-state index in [2.05, 4.69) is 20.4 Å². The van der Waals surface area contributed by atoms with Crippen molar-refractivity contribution in [2.75, 3.05) is 19.5 Å². The monoisotopic (exact) mass is 318 g/mol. The minimum absolute atomic E-state index is 0.0862. The summed E-state index contributed by atoms with van der Waals surface area (Å²) in [6.07, 6.45) is 0.771. The Balaban J connectivity index is 2.48. The van der Waals surface area contributed by atoms with Crippen molar-refractivity contribution < 1.29 is 14.3 Å². The van der Waals surface area contributed by atoms with Crippen LogP contribution in [0.3, 0.4) is 0 Å². The number of esters is 1. The van der Waals surface area contributed by atoms with Crippen molar-refractivity contribution in [2.24, 2.45) is 5.41 Å². The van der Waals surface area contributed by atoms with Crippen LogP contribution in [0, 0.1) is 5.41 Å². The molecule has 0 aromatic carbocycles. The predicted octanol–water partition coefficient (Wildman–Crippen LogP) is 3.73. The summed E-state index contributed by atoms with van der Waals surface area (Å²) in [5, 5.41) is 0.572.